The quantitative estimate of drug-likeness (QED) is 0.748. The van der Waals surface area contributed by atoms with Gasteiger partial charge in [0.1, 0.15) is 11.0 Å². The van der Waals surface area contributed by atoms with E-state index < -0.39 is 6.04 Å². The minimum Gasteiger partial charge on any atom is -0.459 e. The van der Waals surface area contributed by atoms with Crippen LogP contribution in [0.1, 0.15) is 29.0 Å². The SMILES string of the molecule is Cc1ccc(-c2nnc(NC(=O)[C@@H]3CCCN3C(=O)c3ccco3)s2)cc1. The van der Waals surface area contributed by atoms with Crippen LogP contribution in [0.2, 0.25) is 0 Å². The Morgan fingerprint density at radius 3 is 2.78 bits per heavy atom. The van der Waals surface area contributed by atoms with Gasteiger partial charge in [0, 0.05) is 12.1 Å². The number of benzene rings is 1. The Morgan fingerprint density at radius 1 is 1.22 bits per heavy atom. The molecule has 1 N–H and O–H groups in total. The molecule has 3 aromatic rings. The molecule has 138 valence electrons. The van der Waals surface area contributed by atoms with Crippen LogP contribution in [-0.2, 0) is 4.79 Å². The number of amides is 2. The molecule has 0 bridgehead atoms. The van der Waals surface area contributed by atoms with Gasteiger partial charge in [-0.2, -0.15) is 0 Å². The predicted molar refractivity (Wildman–Crippen MR) is 101 cm³/mol. The third-order valence-corrected chi connectivity index (χ3v) is 5.39. The first-order valence-electron chi connectivity index (χ1n) is 8.68. The van der Waals surface area contributed by atoms with Crippen LogP contribution in [0.25, 0.3) is 10.6 Å². The summed E-state index contributed by atoms with van der Waals surface area (Å²) in [5, 5.41) is 12.2. The van der Waals surface area contributed by atoms with Gasteiger partial charge in [-0.3, -0.25) is 14.9 Å². The minimum atomic E-state index is -0.533. The molecule has 0 spiro atoms. The average Bonchev–Trinajstić information content (AvgIpc) is 3.42. The highest BCUT2D eigenvalue weighted by atomic mass is 32.1. The van der Waals surface area contributed by atoms with E-state index in [1.165, 1.54) is 23.2 Å². The van der Waals surface area contributed by atoms with Crippen LogP contribution >= 0.6 is 11.3 Å². The number of anilines is 1. The van der Waals surface area contributed by atoms with Crippen molar-refractivity contribution in [2.45, 2.75) is 25.8 Å². The molecule has 8 heteroatoms. The van der Waals surface area contributed by atoms with E-state index in [9.17, 15) is 9.59 Å². The van der Waals surface area contributed by atoms with Crippen molar-refractivity contribution in [3.63, 3.8) is 0 Å². The largest absolute Gasteiger partial charge is 0.459 e. The fourth-order valence-corrected chi connectivity index (χ4v) is 3.85. The van der Waals surface area contributed by atoms with Crippen molar-refractivity contribution in [2.24, 2.45) is 0 Å². The molecule has 2 aromatic heterocycles. The third-order valence-electron chi connectivity index (χ3n) is 4.50. The van der Waals surface area contributed by atoms with E-state index in [-0.39, 0.29) is 17.6 Å². The Kier molecular flexibility index (Phi) is 4.72. The molecule has 1 atom stereocenters. The van der Waals surface area contributed by atoms with Gasteiger partial charge >= 0.3 is 0 Å². The van der Waals surface area contributed by atoms with Gasteiger partial charge in [0.2, 0.25) is 11.0 Å². The molecule has 0 aliphatic carbocycles. The van der Waals surface area contributed by atoms with E-state index in [0.29, 0.717) is 18.1 Å². The van der Waals surface area contributed by atoms with Crippen LogP contribution in [0.5, 0.6) is 0 Å². The van der Waals surface area contributed by atoms with Crippen LogP contribution in [0.15, 0.2) is 47.1 Å². The predicted octanol–water partition coefficient (Wildman–Crippen LogP) is 3.35. The van der Waals surface area contributed by atoms with Gasteiger partial charge in [-0.05, 0) is 31.9 Å². The maximum atomic E-state index is 12.7. The number of rotatable bonds is 4. The van der Waals surface area contributed by atoms with E-state index in [2.05, 4.69) is 15.5 Å². The van der Waals surface area contributed by atoms with Crippen molar-refractivity contribution in [1.82, 2.24) is 15.1 Å². The first-order valence-corrected chi connectivity index (χ1v) is 9.49. The zero-order valence-corrected chi connectivity index (χ0v) is 15.5. The van der Waals surface area contributed by atoms with E-state index in [1.807, 2.05) is 31.2 Å². The summed E-state index contributed by atoms with van der Waals surface area (Å²) in [6.07, 6.45) is 2.84. The average molecular weight is 382 g/mol. The number of hydrogen-bond donors (Lipinski definition) is 1. The summed E-state index contributed by atoms with van der Waals surface area (Å²) < 4.78 is 5.17. The van der Waals surface area contributed by atoms with Crippen molar-refractivity contribution in [1.29, 1.82) is 0 Å². The zero-order valence-electron chi connectivity index (χ0n) is 14.7. The summed E-state index contributed by atoms with van der Waals surface area (Å²) in [4.78, 5) is 26.8. The standard InChI is InChI=1S/C19H18N4O3S/c1-12-6-8-13(9-7-12)17-21-22-19(27-17)20-16(24)14-4-2-10-23(14)18(25)15-5-3-11-26-15/h3,5-9,11,14H,2,4,10H2,1H3,(H,20,22,24)/t14-/m0/s1. The van der Waals surface area contributed by atoms with Crippen LogP contribution in [0.4, 0.5) is 5.13 Å². The number of hydrogen-bond acceptors (Lipinski definition) is 6. The van der Waals surface area contributed by atoms with Gasteiger partial charge in [-0.15, -0.1) is 10.2 Å². The minimum absolute atomic E-state index is 0.243. The van der Waals surface area contributed by atoms with E-state index in [1.54, 1.807) is 17.0 Å². The number of carbonyl (C=O) groups excluding carboxylic acids is 2. The van der Waals surface area contributed by atoms with Gasteiger partial charge < -0.3 is 9.32 Å². The molecular weight excluding hydrogens is 364 g/mol. The van der Waals surface area contributed by atoms with Gasteiger partial charge in [0.25, 0.3) is 5.91 Å². The molecule has 1 saturated heterocycles. The lowest BCUT2D eigenvalue weighted by Gasteiger charge is -2.22. The smallest absolute Gasteiger partial charge is 0.290 e. The molecule has 0 saturated carbocycles. The second-order valence-electron chi connectivity index (χ2n) is 6.40. The number of nitrogens with one attached hydrogen (secondary N) is 1. The lowest BCUT2D eigenvalue weighted by atomic mass is 10.2. The maximum Gasteiger partial charge on any atom is 0.290 e. The van der Waals surface area contributed by atoms with Gasteiger partial charge in [-0.25, -0.2) is 0 Å². The Labute approximate surface area is 160 Å². The molecule has 27 heavy (non-hydrogen) atoms. The number of furan rings is 1. The highest BCUT2D eigenvalue weighted by Crippen LogP contribution is 2.28. The number of aryl methyl sites for hydroxylation is 1. The Morgan fingerprint density at radius 2 is 2.04 bits per heavy atom. The van der Waals surface area contributed by atoms with Crippen molar-refractivity contribution in [2.75, 3.05) is 11.9 Å². The molecule has 4 rings (SSSR count). The van der Waals surface area contributed by atoms with Gasteiger partial charge in [0.15, 0.2) is 5.76 Å². The van der Waals surface area contributed by atoms with Crippen molar-refractivity contribution >= 4 is 28.3 Å². The number of aromatic nitrogens is 2. The molecule has 0 radical (unpaired) electrons. The molecule has 1 aliphatic heterocycles. The second kappa shape index (κ2) is 7.32. The van der Waals surface area contributed by atoms with Crippen molar-refractivity contribution in [3.8, 4) is 10.6 Å². The monoisotopic (exact) mass is 382 g/mol. The molecule has 1 aliphatic rings. The van der Waals surface area contributed by atoms with E-state index in [0.717, 1.165) is 17.0 Å². The molecule has 2 amide bonds. The molecule has 3 heterocycles. The molecule has 1 fully saturated rings. The van der Waals surface area contributed by atoms with Gasteiger partial charge in [-0.1, -0.05) is 41.2 Å². The normalized spacial score (nSPS) is 16.5. The topological polar surface area (TPSA) is 88.3 Å². The Hall–Kier alpha value is -3.00. The summed E-state index contributed by atoms with van der Waals surface area (Å²) >= 11 is 1.31. The molecule has 0 unspecified atom stereocenters. The van der Waals surface area contributed by atoms with Gasteiger partial charge in [0.05, 0.1) is 6.26 Å². The second-order valence-corrected chi connectivity index (χ2v) is 7.38. The fraction of sp³-hybridized carbons (Fsp3) is 0.263. The first-order chi connectivity index (χ1) is 13.1. The Balaban J connectivity index is 1.46. The van der Waals surface area contributed by atoms with Crippen molar-refractivity contribution < 1.29 is 14.0 Å². The lowest BCUT2D eigenvalue weighted by Crippen LogP contribution is -2.43. The summed E-state index contributed by atoms with van der Waals surface area (Å²) in [6, 6.07) is 10.7. The highest BCUT2D eigenvalue weighted by Gasteiger charge is 2.35. The number of nitrogens with zero attached hydrogens (tertiary/aromatic N) is 3. The molecule has 1 aromatic carbocycles. The summed E-state index contributed by atoms with van der Waals surface area (Å²) in [7, 11) is 0. The first kappa shape index (κ1) is 17.4. The van der Waals surface area contributed by atoms with E-state index >= 15 is 0 Å². The zero-order chi connectivity index (χ0) is 18.8. The molecular formula is C19H18N4O3S. The summed E-state index contributed by atoms with van der Waals surface area (Å²) in [5.41, 5.74) is 2.12. The lowest BCUT2D eigenvalue weighted by molar-refractivity contribution is -0.119. The maximum absolute atomic E-state index is 12.7. The van der Waals surface area contributed by atoms with Crippen molar-refractivity contribution in [3.05, 3.63) is 54.0 Å². The van der Waals surface area contributed by atoms with Crippen LogP contribution in [0, 0.1) is 6.92 Å². The fourth-order valence-electron chi connectivity index (χ4n) is 3.10. The number of carbonyl (C=O) groups is 2. The van der Waals surface area contributed by atoms with Crippen LogP contribution in [-0.4, -0.2) is 39.5 Å². The summed E-state index contributed by atoms with van der Waals surface area (Å²) in [5.74, 6) is -0.276. The van der Waals surface area contributed by atoms with Crippen LogP contribution in [0.3, 0.4) is 0 Å². The van der Waals surface area contributed by atoms with E-state index in [4.69, 9.17) is 4.42 Å². The Bertz CT molecular complexity index is 950. The van der Waals surface area contributed by atoms with Crippen LogP contribution < -0.4 is 5.32 Å². The number of likely N-dealkylation sites (tertiary alicyclic amines) is 1. The third kappa shape index (κ3) is 3.61. The highest BCUT2D eigenvalue weighted by molar-refractivity contribution is 7.18. The molecule has 7 nitrogen and oxygen atoms in total. The summed E-state index contributed by atoms with van der Waals surface area (Å²) in [6.45, 7) is 2.55.